The molecular weight excluding hydrogens is 408 g/mol. The van der Waals surface area contributed by atoms with Gasteiger partial charge in [-0.3, -0.25) is 4.79 Å². The Morgan fingerprint density at radius 2 is 1.91 bits per heavy atom. The summed E-state index contributed by atoms with van der Waals surface area (Å²) in [4.78, 5) is 14.3. The Morgan fingerprint density at radius 3 is 2.61 bits per heavy atom. The Hall–Kier alpha value is -2.38. The van der Waals surface area contributed by atoms with Crippen LogP contribution in [0.15, 0.2) is 47.1 Å². The van der Waals surface area contributed by atoms with E-state index in [9.17, 15) is 15.2 Å². The van der Waals surface area contributed by atoms with Crippen LogP contribution in [0.25, 0.3) is 0 Å². The summed E-state index contributed by atoms with van der Waals surface area (Å²) in [7, 11) is 4.12. The molecule has 0 aliphatic heterocycles. The SMILES string of the molecule is CN(C)c1ccc([C@H]2C[C@@]3(C)C(CC[C@@]3(O)CCC#N)C3CCC4=CC(=O)CCC4=C32)cc1. The summed E-state index contributed by atoms with van der Waals surface area (Å²) in [5.74, 6) is 1.43. The van der Waals surface area contributed by atoms with Crippen LogP contribution in [0.1, 0.15) is 76.2 Å². The molecule has 2 saturated carbocycles. The fraction of sp³-hybridized carbons (Fsp3) is 0.586. The number of nitriles is 1. The van der Waals surface area contributed by atoms with Gasteiger partial charge in [-0.1, -0.05) is 24.6 Å². The third-order valence-corrected chi connectivity index (χ3v) is 9.52. The molecule has 1 aromatic carbocycles. The number of ketones is 1. The molecule has 4 aliphatic rings. The molecule has 4 nitrogen and oxygen atoms in total. The van der Waals surface area contributed by atoms with Crippen molar-refractivity contribution in [3.63, 3.8) is 0 Å². The van der Waals surface area contributed by atoms with Crippen molar-refractivity contribution in [2.24, 2.45) is 17.3 Å². The summed E-state index contributed by atoms with van der Waals surface area (Å²) < 4.78 is 0. The minimum absolute atomic E-state index is 0.199. The number of fused-ring (bicyclic) bond motifs is 4. The number of hydrogen-bond donors (Lipinski definition) is 1. The van der Waals surface area contributed by atoms with Crippen LogP contribution in [0.2, 0.25) is 0 Å². The molecule has 4 aliphatic carbocycles. The second-order valence-electron chi connectivity index (χ2n) is 11.2. The molecule has 5 atom stereocenters. The summed E-state index contributed by atoms with van der Waals surface area (Å²) in [5.41, 5.74) is 5.81. The van der Waals surface area contributed by atoms with E-state index in [4.69, 9.17) is 0 Å². The minimum atomic E-state index is -0.774. The van der Waals surface area contributed by atoms with E-state index >= 15 is 0 Å². The van der Waals surface area contributed by atoms with Gasteiger partial charge in [0, 0.05) is 44.0 Å². The average molecular weight is 445 g/mol. The van der Waals surface area contributed by atoms with Crippen LogP contribution in [-0.2, 0) is 4.79 Å². The number of allylic oxidation sites excluding steroid dienone is 4. The predicted molar refractivity (Wildman–Crippen MR) is 131 cm³/mol. The van der Waals surface area contributed by atoms with Crippen molar-refractivity contribution in [2.45, 2.75) is 76.2 Å². The topological polar surface area (TPSA) is 64.3 Å². The monoisotopic (exact) mass is 444 g/mol. The Labute approximate surface area is 198 Å². The molecule has 33 heavy (non-hydrogen) atoms. The summed E-state index contributed by atoms with van der Waals surface area (Å²) in [6, 6.07) is 11.2. The predicted octanol–water partition coefficient (Wildman–Crippen LogP) is 5.69. The van der Waals surface area contributed by atoms with Crippen molar-refractivity contribution in [1.29, 1.82) is 5.26 Å². The number of nitrogens with zero attached hydrogens (tertiary/aromatic N) is 2. The Balaban J connectivity index is 1.63. The molecule has 0 amide bonds. The van der Waals surface area contributed by atoms with E-state index in [2.05, 4.69) is 56.3 Å². The second-order valence-corrected chi connectivity index (χ2v) is 11.2. The fourth-order valence-corrected chi connectivity index (χ4v) is 7.73. The van der Waals surface area contributed by atoms with Crippen molar-refractivity contribution in [3.8, 4) is 6.07 Å². The number of benzene rings is 1. The highest BCUT2D eigenvalue weighted by atomic mass is 16.3. The third kappa shape index (κ3) is 3.48. The zero-order valence-corrected chi connectivity index (χ0v) is 20.2. The molecule has 2 unspecified atom stereocenters. The Bertz CT molecular complexity index is 1060. The number of carbonyl (C=O) groups is 1. The quantitative estimate of drug-likeness (QED) is 0.648. The average Bonchev–Trinajstić information content (AvgIpc) is 3.07. The van der Waals surface area contributed by atoms with Crippen LogP contribution in [-0.4, -0.2) is 30.6 Å². The molecule has 174 valence electrons. The van der Waals surface area contributed by atoms with E-state index in [0.717, 1.165) is 38.5 Å². The van der Waals surface area contributed by atoms with E-state index in [1.54, 1.807) is 5.57 Å². The molecule has 5 rings (SSSR count). The highest BCUT2D eigenvalue weighted by molar-refractivity contribution is 5.93. The first-order valence-electron chi connectivity index (χ1n) is 12.6. The molecule has 1 aromatic rings. The maximum Gasteiger partial charge on any atom is 0.156 e. The van der Waals surface area contributed by atoms with Crippen molar-refractivity contribution in [1.82, 2.24) is 0 Å². The molecule has 0 bridgehead atoms. The zero-order chi connectivity index (χ0) is 23.4. The lowest BCUT2D eigenvalue weighted by Gasteiger charge is -2.55. The summed E-state index contributed by atoms with van der Waals surface area (Å²) in [5, 5.41) is 21.1. The Morgan fingerprint density at radius 1 is 1.15 bits per heavy atom. The van der Waals surface area contributed by atoms with Gasteiger partial charge in [0.25, 0.3) is 0 Å². The molecule has 2 fully saturated rings. The number of rotatable bonds is 4. The van der Waals surface area contributed by atoms with Crippen LogP contribution < -0.4 is 4.90 Å². The molecule has 0 heterocycles. The molecular formula is C29H36N2O2. The summed E-state index contributed by atoms with van der Waals surface area (Å²) in [6.07, 6.45) is 9.17. The summed E-state index contributed by atoms with van der Waals surface area (Å²) in [6.45, 7) is 2.31. The van der Waals surface area contributed by atoms with Crippen LogP contribution in [0.5, 0.6) is 0 Å². The van der Waals surface area contributed by atoms with E-state index in [-0.39, 0.29) is 17.1 Å². The maximum atomic E-state index is 12.2. The first kappa shape index (κ1) is 22.4. The Kier molecular flexibility index (Phi) is 5.52. The van der Waals surface area contributed by atoms with E-state index in [1.807, 2.05) is 6.08 Å². The number of hydrogen-bond acceptors (Lipinski definition) is 4. The van der Waals surface area contributed by atoms with Crippen LogP contribution in [0.3, 0.4) is 0 Å². The minimum Gasteiger partial charge on any atom is -0.389 e. The van der Waals surface area contributed by atoms with Crippen molar-refractivity contribution in [2.75, 3.05) is 19.0 Å². The molecule has 0 saturated heterocycles. The normalized spacial score (nSPS) is 35.3. The van der Waals surface area contributed by atoms with Gasteiger partial charge in [-0.25, -0.2) is 0 Å². The van der Waals surface area contributed by atoms with Gasteiger partial charge in [-0.2, -0.15) is 5.26 Å². The zero-order valence-electron chi connectivity index (χ0n) is 20.2. The van der Waals surface area contributed by atoms with Crippen LogP contribution in [0, 0.1) is 28.6 Å². The van der Waals surface area contributed by atoms with Gasteiger partial charge in [-0.15, -0.1) is 0 Å². The van der Waals surface area contributed by atoms with Crippen molar-refractivity contribution >= 4 is 11.5 Å². The standard InChI is InChI=1S/C29H36N2O2/c1-28-18-25(19-5-8-21(9-6-19)31(2)3)27-23-12-10-22(32)17-20(23)7-11-24(27)26(28)13-15-29(28,33)14-4-16-30/h5-6,8-9,17,24-26,33H,4,7,10-15,18H2,1-3H3/t24?,25-,26?,28+,29+/m1/s1. The first-order chi connectivity index (χ1) is 15.8. The molecule has 1 N–H and O–H groups in total. The van der Waals surface area contributed by atoms with Crippen LogP contribution in [0.4, 0.5) is 5.69 Å². The van der Waals surface area contributed by atoms with Gasteiger partial charge < -0.3 is 10.0 Å². The van der Waals surface area contributed by atoms with E-state index < -0.39 is 5.60 Å². The van der Waals surface area contributed by atoms with Crippen molar-refractivity contribution < 1.29 is 9.90 Å². The van der Waals surface area contributed by atoms with E-state index in [0.29, 0.717) is 31.1 Å². The van der Waals surface area contributed by atoms with Gasteiger partial charge >= 0.3 is 0 Å². The number of carbonyl (C=O) groups excluding carboxylic acids is 1. The smallest absolute Gasteiger partial charge is 0.156 e. The summed E-state index contributed by atoms with van der Waals surface area (Å²) >= 11 is 0. The van der Waals surface area contributed by atoms with E-state index in [1.165, 1.54) is 22.4 Å². The molecule has 0 radical (unpaired) electrons. The number of anilines is 1. The largest absolute Gasteiger partial charge is 0.389 e. The fourth-order valence-electron chi connectivity index (χ4n) is 7.73. The highest BCUT2D eigenvalue weighted by Crippen LogP contribution is 2.67. The first-order valence-corrected chi connectivity index (χ1v) is 12.6. The second kappa shape index (κ2) is 8.13. The van der Waals surface area contributed by atoms with Crippen molar-refractivity contribution in [3.05, 3.63) is 52.6 Å². The van der Waals surface area contributed by atoms with Gasteiger partial charge in [0.2, 0.25) is 0 Å². The molecule has 0 spiro atoms. The van der Waals surface area contributed by atoms with Gasteiger partial charge in [-0.05, 0) is 91.7 Å². The van der Waals surface area contributed by atoms with Gasteiger partial charge in [0.1, 0.15) is 0 Å². The van der Waals surface area contributed by atoms with Crippen LogP contribution >= 0.6 is 0 Å². The molecule has 4 heteroatoms. The highest BCUT2D eigenvalue weighted by Gasteiger charge is 2.62. The lowest BCUT2D eigenvalue weighted by Crippen LogP contribution is -2.51. The van der Waals surface area contributed by atoms with Gasteiger partial charge in [0.15, 0.2) is 5.78 Å². The lowest BCUT2D eigenvalue weighted by molar-refractivity contribution is -0.114. The maximum absolute atomic E-state index is 12.2. The third-order valence-electron chi connectivity index (χ3n) is 9.52. The van der Waals surface area contributed by atoms with Gasteiger partial charge in [0.05, 0.1) is 11.7 Å². The number of aliphatic hydroxyl groups is 1. The molecule has 0 aromatic heterocycles. The lowest BCUT2D eigenvalue weighted by atomic mass is 9.51.